The van der Waals surface area contributed by atoms with Crippen LogP contribution in [0.3, 0.4) is 0 Å². The molecule has 3 aliphatic heterocycles. The number of thioether (sulfide) groups is 1. The van der Waals surface area contributed by atoms with E-state index in [4.69, 9.17) is 0 Å². The van der Waals surface area contributed by atoms with Gasteiger partial charge in [0.2, 0.25) is 17.7 Å². The molecule has 3 saturated heterocycles. The number of benzene rings is 1. The Balaban J connectivity index is 1.85. The molecule has 38 heavy (non-hydrogen) atoms. The summed E-state index contributed by atoms with van der Waals surface area (Å²) in [5, 5.41) is 10.6. The molecule has 3 heterocycles. The van der Waals surface area contributed by atoms with Crippen LogP contribution >= 0.6 is 11.8 Å². The van der Waals surface area contributed by atoms with Crippen LogP contribution in [0.4, 0.5) is 0 Å². The summed E-state index contributed by atoms with van der Waals surface area (Å²) in [5.74, 6) is -1.58. The van der Waals surface area contributed by atoms with Crippen LogP contribution in [-0.4, -0.2) is 86.4 Å². The predicted octanol–water partition coefficient (Wildman–Crippen LogP) is 3.66. The lowest BCUT2D eigenvalue weighted by Gasteiger charge is -2.39. The van der Waals surface area contributed by atoms with Gasteiger partial charge in [0, 0.05) is 31.4 Å². The molecule has 206 valence electrons. The van der Waals surface area contributed by atoms with Crippen molar-refractivity contribution in [1.29, 1.82) is 0 Å². The van der Waals surface area contributed by atoms with Gasteiger partial charge in [0.25, 0.3) is 0 Å². The van der Waals surface area contributed by atoms with Crippen LogP contribution in [0.1, 0.15) is 51.1 Å². The van der Waals surface area contributed by atoms with Crippen molar-refractivity contribution in [1.82, 2.24) is 14.7 Å². The molecule has 0 radical (unpaired) electrons. The lowest BCUT2D eigenvalue weighted by Crippen LogP contribution is -2.56. The maximum atomic E-state index is 14.5. The molecule has 4 rings (SSSR count). The summed E-state index contributed by atoms with van der Waals surface area (Å²) in [6.45, 7) is 12.8. The van der Waals surface area contributed by atoms with E-state index >= 15 is 0 Å². The third-order valence-corrected chi connectivity index (χ3v) is 10.6. The molecule has 3 aliphatic rings. The number of aliphatic hydroxyl groups excluding tert-OH is 1. The van der Waals surface area contributed by atoms with Gasteiger partial charge in [0.05, 0.1) is 29.2 Å². The van der Waals surface area contributed by atoms with Gasteiger partial charge in [-0.3, -0.25) is 14.4 Å². The average Bonchev–Trinajstić information content (AvgIpc) is 3.48. The van der Waals surface area contributed by atoms with Gasteiger partial charge in [-0.05, 0) is 31.7 Å². The minimum absolute atomic E-state index is 0.0814. The molecule has 0 saturated carbocycles. The highest BCUT2D eigenvalue weighted by molar-refractivity contribution is 8.02. The van der Waals surface area contributed by atoms with E-state index in [9.17, 15) is 19.5 Å². The first-order chi connectivity index (χ1) is 18.2. The van der Waals surface area contributed by atoms with Crippen LogP contribution in [0, 0.1) is 11.8 Å². The topological polar surface area (TPSA) is 81.2 Å². The Morgan fingerprint density at radius 3 is 2.47 bits per heavy atom. The number of likely N-dealkylation sites (N-methyl/N-ethyl adjacent to an activating group) is 1. The summed E-state index contributed by atoms with van der Waals surface area (Å²) in [6.07, 6.45) is 6.62. The zero-order valence-electron chi connectivity index (χ0n) is 22.8. The number of likely N-dealkylation sites (tertiary alicyclic amines) is 1. The second kappa shape index (κ2) is 11.3. The quantitative estimate of drug-likeness (QED) is 0.410. The second-order valence-corrected chi connectivity index (χ2v) is 12.9. The number of nitrogens with zero attached hydrogens (tertiary/aromatic N) is 3. The van der Waals surface area contributed by atoms with Gasteiger partial charge in [-0.1, -0.05) is 55.8 Å². The van der Waals surface area contributed by atoms with E-state index < -0.39 is 33.4 Å². The van der Waals surface area contributed by atoms with E-state index in [0.29, 0.717) is 26.1 Å². The molecule has 2 unspecified atom stereocenters. The summed E-state index contributed by atoms with van der Waals surface area (Å²) in [5.41, 5.74) is 0.777. The predicted molar refractivity (Wildman–Crippen MR) is 151 cm³/mol. The molecule has 7 nitrogen and oxygen atoms in total. The Morgan fingerprint density at radius 2 is 1.87 bits per heavy atom. The summed E-state index contributed by atoms with van der Waals surface area (Å²) < 4.78 is -1.17. The van der Waals surface area contributed by atoms with Crippen molar-refractivity contribution in [2.45, 2.75) is 61.1 Å². The van der Waals surface area contributed by atoms with Crippen LogP contribution in [-0.2, 0) is 14.4 Å². The maximum absolute atomic E-state index is 14.5. The third-order valence-electron chi connectivity index (χ3n) is 8.63. The van der Waals surface area contributed by atoms with Crippen molar-refractivity contribution < 1.29 is 19.5 Å². The van der Waals surface area contributed by atoms with Crippen molar-refractivity contribution in [3.05, 3.63) is 61.2 Å². The van der Waals surface area contributed by atoms with Crippen LogP contribution in [0.25, 0.3) is 0 Å². The highest BCUT2D eigenvalue weighted by atomic mass is 32.2. The Bertz CT molecular complexity index is 1080. The van der Waals surface area contributed by atoms with Crippen molar-refractivity contribution in [3.63, 3.8) is 0 Å². The molecule has 0 aromatic heterocycles. The summed E-state index contributed by atoms with van der Waals surface area (Å²) >= 11 is 1.66. The maximum Gasteiger partial charge on any atom is 0.247 e. The standard InChI is InChI=1S/C30H41N3O4S/c1-6-9-19-32(18-8-3)28(37)25-30-16-15-29(4,38-30)23(26(35)31(5)17-7-2)24(30)27(36)33(25)22(20-34)21-13-11-10-12-14-21/h7-8,10-14,22-25,34H,2-3,6,9,15-20H2,1,4-5H3/t22-,23+,24+,25?,29-,30?/m1/s1. The Labute approximate surface area is 230 Å². The molecular weight excluding hydrogens is 498 g/mol. The molecule has 3 amide bonds. The van der Waals surface area contributed by atoms with Gasteiger partial charge in [-0.25, -0.2) is 0 Å². The largest absolute Gasteiger partial charge is 0.394 e. The number of hydrogen-bond donors (Lipinski definition) is 1. The number of carbonyl (C=O) groups excluding carboxylic acids is 3. The monoisotopic (exact) mass is 539 g/mol. The fraction of sp³-hybridized carbons (Fsp3) is 0.567. The molecule has 8 heteroatoms. The first-order valence-corrected chi connectivity index (χ1v) is 14.5. The average molecular weight is 540 g/mol. The first kappa shape index (κ1) is 28.4. The fourth-order valence-corrected chi connectivity index (χ4v) is 9.20. The minimum atomic E-state index is -0.775. The molecule has 1 spiro atoms. The highest BCUT2D eigenvalue weighted by Crippen LogP contribution is 2.72. The van der Waals surface area contributed by atoms with E-state index in [1.54, 1.807) is 45.7 Å². The molecule has 0 aliphatic carbocycles. The van der Waals surface area contributed by atoms with Gasteiger partial charge in [0.15, 0.2) is 0 Å². The number of unbranched alkanes of at least 4 members (excludes halogenated alkanes) is 1. The molecule has 6 atom stereocenters. The number of aliphatic hydroxyl groups is 1. The third kappa shape index (κ3) is 4.49. The number of amides is 3. The van der Waals surface area contributed by atoms with Gasteiger partial charge < -0.3 is 19.8 Å². The van der Waals surface area contributed by atoms with Gasteiger partial charge >= 0.3 is 0 Å². The SMILES string of the molecule is C=CCN(C)C(=O)[C@@H]1[C@H]2C(=O)N([C@H](CO)c3ccccc3)C(C(=O)N(CC=C)CCCC)C23CC[C@@]1(C)S3. The number of hydrogen-bond acceptors (Lipinski definition) is 5. The smallest absolute Gasteiger partial charge is 0.247 e. The van der Waals surface area contributed by atoms with Crippen molar-refractivity contribution in [3.8, 4) is 0 Å². The number of fused-ring (bicyclic) bond motifs is 1. The van der Waals surface area contributed by atoms with Gasteiger partial charge in [-0.15, -0.1) is 24.9 Å². The lowest BCUT2D eigenvalue weighted by molar-refractivity contribution is -0.147. The number of rotatable bonds is 12. The molecule has 1 aromatic carbocycles. The van der Waals surface area contributed by atoms with Gasteiger partial charge in [0.1, 0.15) is 6.04 Å². The van der Waals surface area contributed by atoms with E-state index in [1.165, 1.54) is 0 Å². The number of carbonyl (C=O) groups is 3. The van der Waals surface area contributed by atoms with Crippen molar-refractivity contribution >= 4 is 29.5 Å². The minimum Gasteiger partial charge on any atom is -0.394 e. The van der Waals surface area contributed by atoms with Crippen molar-refractivity contribution in [2.75, 3.05) is 33.3 Å². The second-order valence-electron chi connectivity index (χ2n) is 11.0. The molecule has 1 N–H and O–H groups in total. The van der Waals surface area contributed by atoms with Gasteiger partial charge in [-0.2, -0.15) is 0 Å². The van der Waals surface area contributed by atoms with E-state index in [-0.39, 0.29) is 24.3 Å². The van der Waals surface area contributed by atoms with E-state index in [0.717, 1.165) is 24.8 Å². The van der Waals surface area contributed by atoms with Crippen LogP contribution in [0.15, 0.2) is 55.6 Å². The molecule has 1 aromatic rings. The van der Waals surface area contributed by atoms with E-state index in [2.05, 4.69) is 27.0 Å². The highest BCUT2D eigenvalue weighted by Gasteiger charge is 2.78. The molecule has 2 bridgehead atoms. The normalized spacial score (nSPS) is 30.2. The lowest BCUT2D eigenvalue weighted by atomic mass is 9.66. The molecule has 3 fully saturated rings. The fourth-order valence-electron chi connectivity index (χ4n) is 6.87. The molecular formula is C30H41N3O4S. The first-order valence-electron chi connectivity index (χ1n) is 13.6. The summed E-state index contributed by atoms with van der Waals surface area (Å²) in [4.78, 5) is 47.9. The van der Waals surface area contributed by atoms with Crippen LogP contribution in [0.2, 0.25) is 0 Å². The Kier molecular flexibility index (Phi) is 8.43. The Morgan fingerprint density at radius 1 is 1.18 bits per heavy atom. The zero-order valence-corrected chi connectivity index (χ0v) is 23.7. The summed E-state index contributed by atoms with van der Waals surface area (Å²) in [7, 11) is 1.74. The van der Waals surface area contributed by atoms with Crippen LogP contribution in [0.5, 0.6) is 0 Å². The van der Waals surface area contributed by atoms with Crippen molar-refractivity contribution in [2.24, 2.45) is 11.8 Å². The van der Waals surface area contributed by atoms with E-state index in [1.807, 2.05) is 30.3 Å². The summed E-state index contributed by atoms with van der Waals surface area (Å²) in [6, 6.07) is 7.94. The zero-order chi connectivity index (χ0) is 27.7. The van der Waals surface area contributed by atoms with Crippen LogP contribution < -0.4 is 0 Å². The Hall–Kier alpha value is -2.58.